The molecule has 3 amide bonds. The summed E-state index contributed by atoms with van der Waals surface area (Å²) < 4.78 is 0. The molecule has 0 heterocycles. The van der Waals surface area contributed by atoms with Crippen LogP contribution in [0.3, 0.4) is 0 Å². The van der Waals surface area contributed by atoms with Gasteiger partial charge < -0.3 is 21.1 Å². The second kappa shape index (κ2) is 10.0. The first-order valence-corrected chi connectivity index (χ1v) is 7.27. The van der Waals surface area contributed by atoms with Crippen molar-refractivity contribution in [2.45, 2.75) is 46.5 Å². The van der Waals surface area contributed by atoms with Crippen LogP contribution in [0, 0.1) is 5.41 Å². The Bertz CT molecular complexity index is 356. The summed E-state index contributed by atoms with van der Waals surface area (Å²) in [5.41, 5.74) is -0.132. The zero-order valence-corrected chi connectivity index (χ0v) is 13.1. The molecule has 4 N–H and O–H groups in total. The molecule has 0 aliphatic carbocycles. The fraction of sp³-hybridized carbons (Fsp3) is 0.786. The summed E-state index contributed by atoms with van der Waals surface area (Å²) in [7, 11) is 0. The molecule has 0 aliphatic heterocycles. The first kappa shape index (κ1) is 19.2. The Morgan fingerprint density at radius 1 is 0.952 bits per heavy atom. The number of carbonyl (C=O) groups is 3. The molecule has 0 fully saturated rings. The Labute approximate surface area is 125 Å². The van der Waals surface area contributed by atoms with Crippen molar-refractivity contribution in [2.75, 3.05) is 19.6 Å². The summed E-state index contributed by atoms with van der Waals surface area (Å²) in [6, 6.07) is -0.312. The summed E-state index contributed by atoms with van der Waals surface area (Å²) in [5.74, 6) is -0.897. The molecule has 0 radical (unpaired) electrons. The quantitative estimate of drug-likeness (QED) is 0.484. The van der Waals surface area contributed by atoms with Gasteiger partial charge in [-0.25, -0.2) is 4.79 Å². The summed E-state index contributed by atoms with van der Waals surface area (Å²) >= 11 is 0. The standard InChI is InChI=1S/C14H27N3O4/c1-4-15-11(18)6-9-16-13(21)17-10-8-14(2,3)7-5-12(19)20/h4-10H2,1-3H3,(H,15,18)(H,19,20)(H2,16,17,21). The van der Waals surface area contributed by atoms with Gasteiger partial charge in [-0.3, -0.25) is 9.59 Å². The molecule has 122 valence electrons. The van der Waals surface area contributed by atoms with Crippen molar-refractivity contribution in [3.05, 3.63) is 0 Å². The van der Waals surface area contributed by atoms with Crippen molar-refractivity contribution in [3.63, 3.8) is 0 Å². The number of urea groups is 1. The first-order valence-electron chi connectivity index (χ1n) is 7.27. The van der Waals surface area contributed by atoms with Crippen molar-refractivity contribution >= 4 is 17.9 Å². The van der Waals surface area contributed by atoms with E-state index in [1.165, 1.54) is 0 Å². The Morgan fingerprint density at radius 3 is 2.14 bits per heavy atom. The molecule has 0 saturated carbocycles. The number of aliphatic carboxylic acids is 1. The lowest BCUT2D eigenvalue weighted by molar-refractivity contribution is -0.137. The van der Waals surface area contributed by atoms with Gasteiger partial charge in [-0.1, -0.05) is 13.8 Å². The van der Waals surface area contributed by atoms with E-state index < -0.39 is 5.97 Å². The zero-order chi connectivity index (χ0) is 16.3. The predicted molar refractivity (Wildman–Crippen MR) is 80.0 cm³/mol. The smallest absolute Gasteiger partial charge is 0.314 e. The minimum Gasteiger partial charge on any atom is -0.481 e. The van der Waals surface area contributed by atoms with E-state index in [2.05, 4.69) is 16.0 Å². The van der Waals surface area contributed by atoms with E-state index in [1.807, 2.05) is 20.8 Å². The van der Waals surface area contributed by atoms with Crippen molar-refractivity contribution in [1.82, 2.24) is 16.0 Å². The van der Waals surface area contributed by atoms with Gasteiger partial charge in [-0.15, -0.1) is 0 Å². The molecule has 0 aromatic carbocycles. The van der Waals surface area contributed by atoms with Gasteiger partial charge in [0.2, 0.25) is 5.91 Å². The lowest BCUT2D eigenvalue weighted by Gasteiger charge is -2.23. The van der Waals surface area contributed by atoms with Gasteiger partial charge in [0, 0.05) is 32.5 Å². The highest BCUT2D eigenvalue weighted by atomic mass is 16.4. The molecule has 0 aliphatic rings. The maximum absolute atomic E-state index is 11.5. The third-order valence-electron chi connectivity index (χ3n) is 3.11. The minimum atomic E-state index is -0.806. The number of amides is 3. The van der Waals surface area contributed by atoms with Crippen LogP contribution < -0.4 is 16.0 Å². The molecule has 0 aromatic heterocycles. The lowest BCUT2D eigenvalue weighted by atomic mass is 9.84. The number of carbonyl (C=O) groups excluding carboxylic acids is 2. The number of hydrogen-bond acceptors (Lipinski definition) is 3. The van der Waals surface area contributed by atoms with Crippen LogP contribution in [-0.2, 0) is 9.59 Å². The summed E-state index contributed by atoms with van der Waals surface area (Å²) in [5, 5.41) is 16.6. The van der Waals surface area contributed by atoms with Crippen LogP contribution in [-0.4, -0.2) is 42.6 Å². The van der Waals surface area contributed by atoms with E-state index in [1.54, 1.807) is 0 Å². The minimum absolute atomic E-state index is 0.0902. The highest BCUT2D eigenvalue weighted by molar-refractivity contribution is 5.78. The summed E-state index contributed by atoms with van der Waals surface area (Å²) in [6.07, 6.45) is 1.66. The molecular formula is C14H27N3O4. The number of nitrogens with one attached hydrogen (secondary N) is 3. The summed E-state index contributed by atoms with van der Waals surface area (Å²) in [6.45, 7) is 7.13. The second-order valence-electron chi connectivity index (χ2n) is 5.69. The van der Waals surface area contributed by atoms with Crippen LogP contribution in [0.25, 0.3) is 0 Å². The van der Waals surface area contributed by atoms with Crippen molar-refractivity contribution in [3.8, 4) is 0 Å². The molecule has 0 spiro atoms. The largest absolute Gasteiger partial charge is 0.481 e. The SMILES string of the molecule is CCNC(=O)CCNC(=O)NCCC(C)(C)CCC(=O)O. The molecule has 0 aromatic rings. The molecule has 7 heteroatoms. The normalized spacial score (nSPS) is 10.8. The van der Waals surface area contributed by atoms with Gasteiger partial charge in [0.05, 0.1) is 0 Å². The molecule has 0 unspecified atom stereocenters. The van der Waals surface area contributed by atoms with Crippen molar-refractivity contribution in [2.24, 2.45) is 5.41 Å². The van der Waals surface area contributed by atoms with Gasteiger partial charge in [0.25, 0.3) is 0 Å². The fourth-order valence-corrected chi connectivity index (χ4v) is 1.72. The van der Waals surface area contributed by atoms with E-state index in [0.717, 1.165) is 0 Å². The Balaban J connectivity index is 3.73. The Morgan fingerprint density at radius 2 is 1.57 bits per heavy atom. The third kappa shape index (κ3) is 11.7. The average molecular weight is 301 g/mol. The maximum Gasteiger partial charge on any atom is 0.314 e. The molecule has 7 nitrogen and oxygen atoms in total. The molecule has 0 saturated heterocycles. The van der Waals surface area contributed by atoms with E-state index in [-0.39, 0.29) is 30.2 Å². The van der Waals surface area contributed by atoms with Crippen molar-refractivity contribution < 1.29 is 19.5 Å². The van der Waals surface area contributed by atoms with Gasteiger partial charge in [0.15, 0.2) is 0 Å². The highest BCUT2D eigenvalue weighted by Gasteiger charge is 2.19. The van der Waals surface area contributed by atoms with E-state index in [9.17, 15) is 14.4 Å². The number of hydrogen-bond donors (Lipinski definition) is 4. The van der Waals surface area contributed by atoms with Crippen LogP contribution in [0.1, 0.15) is 46.5 Å². The maximum atomic E-state index is 11.5. The zero-order valence-electron chi connectivity index (χ0n) is 13.1. The van der Waals surface area contributed by atoms with Gasteiger partial charge in [-0.05, 0) is 25.2 Å². The Hall–Kier alpha value is -1.79. The molecule has 0 bridgehead atoms. The third-order valence-corrected chi connectivity index (χ3v) is 3.11. The lowest BCUT2D eigenvalue weighted by Crippen LogP contribution is -2.39. The van der Waals surface area contributed by atoms with Gasteiger partial charge in [0.1, 0.15) is 0 Å². The Kier molecular flexibility index (Phi) is 9.16. The number of rotatable bonds is 10. The topological polar surface area (TPSA) is 108 Å². The van der Waals surface area contributed by atoms with Crippen LogP contribution in [0.5, 0.6) is 0 Å². The van der Waals surface area contributed by atoms with Gasteiger partial charge >= 0.3 is 12.0 Å². The molecule has 21 heavy (non-hydrogen) atoms. The van der Waals surface area contributed by atoms with Gasteiger partial charge in [-0.2, -0.15) is 0 Å². The molecule has 0 atom stereocenters. The van der Waals surface area contributed by atoms with Crippen molar-refractivity contribution in [1.29, 1.82) is 0 Å². The predicted octanol–water partition coefficient (Wildman–Crippen LogP) is 1.09. The van der Waals surface area contributed by atoms with E-state index >= 15 is 0 Å². The van der Waals surface area contributed by atoms with Crippen LogP contribution >= 0.6 is 0 Å². The monoisotopic (exact) mass is 301 g/mol. The first-order chi connectivity index (χ1) is 9.76. The fourth-order valence-electron chi connectivity index (χ4n) is 1.72. The number of carboxylic acids is 1. The summed E-state index contributed by atoms with van der Waals surface area (Å²) in [4.78, 5) is 33.2. The highest BCUT2D eigenvalue weighted by Crippen LogP contribution is 2.25. The second-order valence-corrected chi connectivity index (χ2v) is 5.69. The molecule has 0 rings (SSSR count). The van der Waals surface area contributed by atoms with Crippen LogP contribution in [0.15, 0.2) is 0 Å². The average Bonchev–Trinajstić information content (AvgIpc) is 2.36. The number of carboxylic acid groups (broad SMARTS) is 1. The molecular weight excluding hydrogens is 274 g/mol. The van der Waals surface area contributed by atoms with E-state index in [0.29, 0.717) is 32.5 Å². The van der Waals surface area contributed by atoms with E-state index in [4.69, 9.17) is 5.11 Å². The van der Waals surface area contributed by atoms with Crippen LogP contribution in [0.4, 0.5) is 4.79 Å². The van der Waals surface area contributed by atoms with Crippen LogP contribution in [0.2, 0.25) is 0 Å².